The average Bonchev–Trinajstić information content (AvgIpc) is 2.31. The molecule has 5 heteroatoms. The van der Waals surface area contributed by atoms with Crippen LogP contribution in [0, 0.1) is 17.0 Å². The quantitative estimate of drug-likeness (QED) is 0.634. The molecule has 0 aromatic heterocycles. The van der Waals surface area contributed by atoms with Crippen LogP contribution in [0.15, 0.2) is 18.2 Å². The van der Waals surface area contributed by atoms with Crippen LogP contribution in [-0.2, 0) is 0 Å². The molecule has 0 aliphatic heterocycles. The number of nitrogens with one attached hydrogen (secondary N) is 1. The molecule has 5 nitrogen and oxygen atoms in total. The molecule has 1 aromatic rings. The van der Waals surface area contributed by atoms with Crippen molar-refractivity contribution in [2.24, 2.45) is 0 Å². The minimum atomic E-state index is -0.389. The summed E-state index contributed by atoms with van der Waals surface area (Å²) in [5.74, 6) is 0.393. The van der Waals surface area contributed by atoms with Gasteiger partial charge in [0.15, 0.2) is 5.75 Å². The van der Waals surface area contributed by atoms with Gasteiger partial charge in [0.2, 0.25) is 0 Å². The zero-order valence-electron chi connectivity index (χ0n) is 11.4. The number of ether oxygens (including phenoxy) is 1. The Labute approximate surface area is 113 Å². The van der Waals surface area contributed by atoms with Gasteiger partial charge in [0.05, 0.1) is 4.92 Å². The van der Waals surface area contributed by atoms with Crippen LogP contribution in [-0.4, -0.2) is 23.6 Å². The second kappa shape index (κ2) is 6.02. The second-order valence-corrected chi connectivity index (χ2v) is 5.09. The number of nitrogens with zero attached hydrogens (tertiary/aromatic N) is 1. The van der Waals surface area contributed by atoms with Crippen molar-refractivity contribution in [3.05, 3.63) is 33.9 Å². The van der Waals surface area contributed by atoms with Crippen LogP contribution in [0.5, 0.6) is 5.75 Å². The van der Waals surface area contributed by atoms with E-state index in [2.05, 4.69) is 12.2 Å². The third-order valence-electron chi connectivity index (χ3n) is 3.38. The molecule has 0 heterocycles. The van der Waals surface area contributed by atoms with E-state index in [0.717, 1.165) is 31.4 Å². The summed E-state index contributed by atoms with van der Waals surface area (Å²) in [4.78, 5) is 10.6. The lowest BCUT2D eigenvalue weighted by Crippen LogP contribution is -2.47. The molecule has 0 radical (unpaired) electrons. The highest BCUT2D eigenvalue weighted by atomic mass is 16.6. The van der Waals surface area contributed by atoms with Crippen LogP contribution in [0.3, 0.4) is 0 Å². The standard InChI is InChI=1S/C14H20N2O3/c1-3-6-15-11-8-12(9-11)19-14-7-10(2)4-5-13(14)16(17)18/h4-5,7,11-12,15H,3,6,8-9H2,1-2H3. The Bertz CT molecular complexity index is 456. The largest absolute Gasteiger partial charge is 0.483 e. The first-order valence-corrected chi connectivity index (χ1v) is 6.75. The smallest absolute Gasteiger partial charge is 0.310 e. The zero-order valence-corrected chi connectivity index (χ0v) is 11.4. The van der Waals surface area contributed by atoms with E-state index >= 15 is 0 Å². The van der Waals surface area contributed by atoms with Gasteiger partial charge < -0.3 is 10.1 Å². The van der Waals surface area contributed by atoms with Gasteiger partial charge >= 0.3 is 5.69 Å². The molecule has 0 amide bonds. The first kappa shape index (κ1) is 13.8. The monoisotopic (exact) mass is 264 g/mol. The van der Waals surface area contributed by atoms with Crippen LogP contribution >= 0.6 is 0 Å². The summed E-state index contributed by atoms with van der Waals surface area (Å²) < 4.78 is 5.75. The Balaban J connectivity index is 1.93. The molecule has 0 atom stereocenters. The van der Waals surface area contributed by atoms with Crippen molar-refractivity contribution in [1.29, 1.82) is 0 Å². The number of aryl methyl sites for hydroxylation is 1. The first-order chi connectivity index (χ1) is 9.10. The van der Waals surface area contributed by atoms with E-state index in [9.17, 15) is 10.1 Å². The van der Waals surface area contributed by atoms with Gasteiger partial charge in [-0.25, -0.2) is 0 Å². The third kappa shape index (κ3) is 3.44. The molecule has 0 saturated heterocycles. The second-order valence-electron chi connectivity index (χ2n) is 5.09. The number of benzene rings is 1. The maximum atomic E-state index is 10.9. The van der Waals surface area contributed by atoms with Crippen LogP contribution in [0.1, 0.15) is 31.7 Å². The predicted octanol–water partition coefficient (Wildman–Crippen LogP) is 2.81. The molecule has 0 unspecified atom stereocenters. The Morgan fingerprint density at radius 3 is 2.84 bits per heavy atom. The third-order valence-corrected chi connectivity index (χ3v) is 3.38. The molecule has 1 N–H and O–H groups in total. The van der Waals surface area contributed by atoms with Crippen molar-refractivity contribution in [3.8, 4) is 5.75 Å². The summed E-state index contributed by atoms with van der Waals surface area (Å²) in [6, 6.07) is 5.48. The van der Waals surface area contributed by atoms with Crippen LogP contribution in [0.25, 0.3) is 0 Å². The predicted molar refractivity (Wildman–Crippen MR) is 73.6 cm³/mol. The van der Waals surface area contributed by atoms with Crippen LogP contribution < -0.4 is 10.1 Å². The van der Waals surface area contributed by atoms with Gasteiger partial charge in [0.1, 0.15) is 6.10 Å². The van der Waals surface area contributed by atoms with E-state index in [0.29, 0.717) is 11.8 Å². The van der Waals surface area contributed by atoms with E-state index in [1.165, 1.54) is 6.07 Å². The Kier molecular flexibility index (Phi) is 4.37. The zero-order chi connectivity index (χ0) is 13.8. The van der Waals surface area contributed by atoms with Crippen molar-refractivity contribution >= 4 is 5.69 Å². The van der Waals surface area contributed by atoms with Gasteiger partial charge in [-0.15, -0.1) is 0 Å². The number of nitro benzene ring substituents is 1. The molecule has 1 aliphatic rings. The maximum Gasteiger partial charge on any atom is 0.310 e. The van der Waals surface area contributed by atoms with Crippen molar-refractivity contribution in [3.63, 3.8) is 0 Å². The molecule has 1 aromatic carbocycles. The van der Waals surface area contributed by atoms with Crippen LogP contribution in [0.2, 0.25) is 0 Å². The van der Waals surface area contributed by atoms with Crippen molar-refractivity contribution in [2.45, 2.75) is 45.3 Å². The van der Waals surface area contributed by atoms with Gasteiger partial charge in [-0.05, 0) is 44.4 Å². The highest BCUT2D eigenvalue weighted by Gasteiger charge is 2.31. The molecule has 1 aliphatic carbocycles. The SMILES string of the molecule is CCCNC1CC(Oc2cc(C)ccc2[N+](=O)[O-])C1. The maximum absolute atomic E-state index is 10.9. The summed E-state index contributed by atoms with van der Waals surface area (Å²) in [6.45, 7) is 5.06. The molecule has 1 saturated carbocycles. The highest BCUT2D eigenvalue weighted by Crippen LogP contribution is 2.33. The molecule has 104 valence electrons. The fraction of sp³-hybridized carbons (Fsp3) is 0.571. The lowest BCUT2D eigenvalue weighted by atomic mass is 9.89. The van der Waals surface area contributed by atoms with E-state index < -0.39 is 0 Å². The normalized spacial score (nSPS) is 21.8. The summed E-state index contributed by atoms with van der Waals surface area (Å²) in [7, 11) is 0. The summed E-state index contributed by atoms with van der Waals surface area (Å²) >= 11 is 0. The topological polar surface area (TPSA) is 64.4 Å². The van der Waals surface area contributed by atoms with Crippen molar-refractivity contribution in [2.75, 3.05) is 6.54 Å². The van der Waals surface area contributed by atoms with Crippen molar-refractivity contribution < 1.29 is 9.66 Å². The number of hydrogen-bond donors (Lipinski definition) is 1. The molecular weight excluding hydrogens is 244 g/mol. The Morgan fingerprint density at radius 2 is 2.21 bits per heavy atom. The van der Waals surface area contributed by atoms with E-state index in [4.69, 9.17) is 4.74 Å². The average molecular weight is 264 g/mol. The summed E-state index contributed by atoms with van der Waals surface area (Å²) in [5.41, 5.74) is 1.02. The number of hydrogen-bond acceptors (Lipinski definition) is 4. The number of nitro groups is 1. The molecule has 19 heavy (non-hydrogen) atoms. The highest BCUT2D eigenvalue weighted by molar-refractivity contribution is 5.48. The minimum Gasteiger partial charge on any atom is -0.483 e. The fourth-order valence-electron chi connectivity index (χ4n) is 2.22. The molecule has 0 spiro atoms. The van der Waals surface area contributed by atoms with Gasteiger partial charge in [0, 0.05) is 12.1 Å². The first-order valence-electron chi connectivity index (χ1n) is 6.75. The fourth-order valence-corrected chi connectivity index (χ4v) is 2.22. The van der Waals surface area contributed by atoms with Gasteiger partial charge in [-0.1, -0.05) is 13.0 Å². The lowest BCUT2D eigenvalue weighted by molar-refractivity contribution is -0.386. The molecule has 0 bridgehead atoms. The van der Waals surface area contributed by atoms with Gasteiger partial charge in [-0.2, -0.15) is 0 Å². The van der Waals surface area contributed by atoms with E-state index in [1.54, 1.807) is 12.1 Å². The lowest BCUT2D eigenvalue weighted by Gasteiger charge is -2.35. The van der Waals surface area contributed by atoms with E-state index in [1.807, 2.05) is 6.92 Å². The van der Waals surface area contributed by atoms with Crippen molar-refractivity contribution in [1.82, 2.24) is 5.32 Å². The number of rotatable bonds is 6. The van der Waals surface area contributed by atoms with E-state index in [-0.39, 0.29) is 16.7 Å². The van der Waals surface area contributed by atoms with Crippen LogP contribution in [0.4, 0.5) is 5.69 Å². The summed E-state index contributed by atoms with van der Waals surface area (Å²) in [6.07, 6.45) is 3.05. The Morgan fingerprint density at radius 1 is 1.47 bits per heavy atom. The minimum absolute atomic E-state index is 0.0515. The van der Waals surface area contributed by atoms with Gasteiger partial charge in [0.25, 0.3) is 0 Å². The Hall–Kier alpha value is -1.62. The summed E-state index contributed by atoms with van der Waals surface area (Å²) in [5, 5.41) is 14.4. The molecule has 2 rings (SSSR count). The van der Waals surface area contributed by atoms with Gasteiger partial charge in [-0.3, -0.25) is 10.1 Å². The molecule has 1 fully saturated rings. The molecular formula is C14H20N2O3.